The lowest BCUT2D eigenvalue weighted by Crippen LogP contribution is -1.99. The fourth-order valence-electron chi connectivity index (χ4n) is 1.10. The lowest BCUT2D eigenvalue weighted by molar-refractivity contribution is 0.187. The topological polar surface area (TPSA) is 63.3 Å². The third-order valence-electron chi connectivity index (χ3n) is 1.68. The van der Waals surface area contributed by atoms with E-state index in [2.05, 4.69) is 31.1 Å². The minimum atomic E-state index is -0.635. The van der Waals surface area contributed by atoms with Crippen molar-refractivity contribution in [3.05, 3.63) is 22.8 Å². The highest BCUT2D eigenvalue weighted by molar-refractivity contribution is 9.10. The SMILES string of the molecule is CC(O)c1nnc2c(Br)nccn12. The Hall–Kier alpha value is -1.01. The van der Waals surface area contributed by atoms with Crippen LogP contribution in [0.3, 0.4) is 0 Å². The molecule has 1 unspecified atom stereocenters. The largest absolute Gasteiger partial charge is 0.385 e. The van der Waals surface area contributed by atoms with Crippen LogP contribution in [0.5, 0.6) is 0 Å². The van der Waals surface area contributed by atoms with Gasteiger partial charge in [0.15, 0.2) is 16.1 Å². The van der Waals surface area contributed by atoms with Gasteiger partial charge in [-0.25, -0.2) is 4.98 Å². The van der Waals surface area contributed by atoms with Crippen LogP contribution in [-0.4, -0.2) is 24.7 Å². The van der Waals surface area contributed by atoms with Gasteiger partial charge in [0.2, 0.25) is 0 Å². The molecule has 0 saturated heterocycles. The quantitative estimate of drug-likeness (QED) is 0.809. The number of nitrogens with zero attached hydrogens (tertiary/aromatic N) is 4. The molecule has 2 rings (SSSR count). The van der Waals surface area contributed by atoms with Crippen LogP contribution in [0.1, 0.15) is 18.9 Å². The predicted molar refractivity (Wildman–Crippen MR) is 49.1 cm³/mol. The molecular weight excluding hydrogens is 236 g/mol. The van der Waals surface area contributed by atoms with Crippen LogP contribution < -0.4 is 0 Å². The summed E-state index contributed by atoms with van der Waals surface area (Å²) in [5.41, 5.74) is 0.610. The number of hydrogen-bond acceptors (Lipinski definition) is 4. The molecule has 1 N–H and O–H groups in total. The highest BCUT2D eigenvalue weighted by Gasteiger charge is 2.11. The van der Waals surface area contributed by atoms with Crippen molar-refractivity contribution < 1.29 is 5.11 Å². The molecule has 2 heterocycles. The van der Waals surface area contributed by atoms with E-state index < -0.39 is 6.10 Å². The number of fused-ring (bicyclic) bond motifs is 1. The van der Waals surface area contributed by atoms with Gasteiger partial charge in [0.25, 0.3) is 0 Å². The lowest BCUT2D eigenvalue weighted by atomic mass is 10.4. The van der Waals surface area contributed by atoms with E-state index in [1.54, 1.807) is 23.7 Å². The summed E-state index contributed by atoms with van der Waals surface area (Å²) in [6, 6.07) is 0. The molecular formula is C7H7BrN4O. The van der Waals surface area contributed by atoms with E-state index >= 15 is 0 Å². The number of aromatic nitrogens is 4. The van der Waals surface area contributed by atoms with Crippen LogP contribution in [-0.2, 0) is 0 Å². The molecule has 2 aromatic heterocycles. The summed E-state index contributed by atoms with van der Waals surface area (Å²) >= 11 is 3.24. The first-order valence-electron chi connectivity index (χ1n) is 3.73. The van der Waals surface area contributed by atoms with E-state index in [9.17, 15) is 5.11 Å². The van der Waals surface area contributed by atoms with Gasteiger partial charge in [0, 0.05) is 12.4 Å². The number of rotatable bonds is 1. The highest BCUT2D eigenvalue weighted by Crippen LogP contribution is 2.16. The zero-order valence-corrected chi connectivity index (χ0v) is 8.43. The van der Waals surface area contributed by atoms with E-state index in [0.29, 0.717) is 16.1 Å². The van der Waals surface area contributed by atoms with Crippen molar-refractivity contribution in [2.24, 2.45) is 0 Å². The fraction of sp³-hybridized carbons (Fsp3) is 0.286. The molecule has 2 aromatic rings. The molecule has 0 amide bonds. The molecule has 0 aliphatic carbocycles. The average molecular weight is 243 g/mol. The van der Waals surface area contributed by atoms with Gasteiger partial charge in [-0.05, 0) is 22.9 Å². The summed E-state index contributed by atoms with van der Waals surface area (Å²) in [4.78, 5) is 3.99. The van der Waals surface area contributed by atoms with E-state index in [1.165, 1.54) is 0 Å². The lowest BCUT2D eigenvalue weighted by Gasteiger charge is -2.00. The van der Waals surface area contributed by atoms with E-state index in [-0.39, 0.29) is 0 Å². The first-order chi connectivity index (χ1) is 6.20. The Balaban J connectivity index is 2.75. The molecule has 0 saturated carbocycles. The van der Waals surface area contributed by atoms with Gasteiger partial charge in [-0.2, -0.15) is 0 Å². The van der Waals surface area contributed by atoms with E-state index in [4.69, 9.17) is 0 Å². The predicted octanol–water partition coefficient (Wildman–Crippen LogP) is 0.940. The zero-order valence-electron chi connectivity index (χ0n) is 6.85. The van der Waals surface area contributed by atoms with Crippen molar-refractivity contribution in [2.45, 2.75) is 13.0 Å². The van der Waals surface area contributed by atoms with Crippen LogP contribution in [0.15, 0.2) is 17.0 Å². The minimum Gasteiger partial charge on any atom is -0.385 e. The molecule has 6 heteroatoms. The molecule has 0 aliphatic heterocycles. The Morgan fingerprint density at radius 3 is 3.00 bits per heavy atom. The van der Waals surface area contributed by atoms with Crippen molar-refractivity contribution in [3.63, 3.8) is 0 Å². The number of halogens is 1. The van der Waals surface area contributed by atoms with Gasteiger partial charge in [0.1, 0.15) is 6.10 Å². The Morgan fingerprint density at radius 2 is 2.31 bits per heavy atom. The fourth-order valence-corrected chi connectivity index (χ4v) is 1.49. The average Bonchev–Trinajstić information content (AvgIpc) is 2.48. The summed E-state index contributed by atoms with van der Waals surface area (Å²) in [6.07, 6.45) is 2.69. The molecule has 1 atom stereocenters. The summed E-state index contributed by atoms with van der Waals surface area (Å²) in [7, 11) is 0. The Bertz CT molecular complexity index is 439. The molecule has 5 nitrogen and oxygen atoms in total. The molecule has 0 aromatic carbocycles. The van der Waals surface area contributed by atoms with E-state index in [1.807, 2.05) is 0 Å². The van der Waals surface area contributed by atoms with E-state index in [0.717, 1.165) is 0 Å². The third-order valence-corrected chi connectivity index (χ3v) is 2.24. The molecule has 68 valence electrons. The van der Waals surface area contributed by atoms with Crippen molar-refractivity contribution in [1.82, 2.24) is 19.6 Å². The van der Waals surface area contributed by atoms with Gasteiger partial charge < -0.3 is 5.11 Å². The second kappa shape index (κ2) is 3.04. The van der Waals surface area contributed by atoms with Crippen molar-refractivity contribution in [1.29, 1.82) is 0 Å². The Morgan fingerprint density at radius 1 is 1.54 bits per heavy atom. The second-order valence-corrected chi connectivity index (χ2v) is 3.40. The van der Waals surface area contributed by atoms with Crippen LogP contribution >= 0.6 is 15.9 Å². The Kier molecular flexibility index (Phi) is 2.01. The molecule has 0 bridgehead atoms. The summed E-state index contributed by atoms with van der Waals surface area (Å²) in [6.45, 7) is 1.64. The smallest absolute Gasteiger partial charge is 0.194 e. The Labute approximate surface area is 82.6 Å². The van der Waals surface area contributed by atoms with Crippen LogP contribution in [0.2, 0.25) is 0 Å². The molecule has 13 heavy (non-hydrogen) atoms. The van der Waals surface area contributed by atoms with Crippen LogP contribution in [0.25, 0.3) is 5.65 Å². The van der Waals surface area contributed by atoms with Crippen molar-refractivity contribution >= 4 is 21.6 Å². The summed E-state index contributed by atoms with van der Waals surface area (Å²) in [5.74, 6) is 0.512. The van der Waals surface area contributed by atoms with Gasteiger partial charge in [0.05, 0.1) is 0 Å². The molecule has 0 spiro atoms. The monoisotopic (exact) mass is 242 g/mol. The van der Waals surface area contributed by atoms with Gasteiger partial charge >= 0.3 is 0 Å². The summed E-state index contributed by atoms with van der Waals surface area (Å²) in [5, 5.41) is 17.1. The van der Waals surface area contributed by atoms with Crippen LogP contribution in [0.4, 0.5) is 0 Å². The first-order valence-corrected chi connectivity index (χ1v) is 4.52. The third kappa shape index (κ3) is 1.31. The number of aliphatic hydroxyl groups excluding tert-OH is 1. The van der Waals surface area contributed by atoms with Crippen molar-refractivity contribution in [3.8, 4) is 0 Å². The van der Waals surface area contributed by atoms with Crippen molar-refractivity contribution in [2.75, 3.05) is 0 Å². The molecule has 0 fully saturated rings. The normalized spacial score (nSPS) is 13.5. The van der Waals surface area contributed by atoms with Gasteiger partial charge in [-0.1, -0.05) is 0 Å². The minimum absolute atomic E-state index is 0.512. The maximum Gasteiger partial charge on any atom is 0.194 e. The first kappa shape index (κ1) is 8.58. The zero-order chi connectivity index (χ0) is 9.42. The number of aliphatic hydroxyl groups is 1. The maximum absolute atomic E-state index is 9.34. The standard InChI is InChI=1S/C7H7BrN4O/c1-4(13)6-10-11-7-5(8)9-2-3-12(6)7/h2-4,13H,1H3. The molecule has 0 radical (unpaired) electrons. The summed E-state index contributed by atoms with van der Waals surface area (Å²) < 4.78 is 2.32. The van der Waals surface area contributed by atoms with Gasteiger partial charge in [-0.3, -0.25) is 4.40 Å². The van der Waals surface area contributed by atoms with Crippen LogP contribution in [0, 0.1) is 0 Å². The maximum atomic E-state index is 9.34. The highest BCUT2D eigenvalue weighted by atomic mass is 79.9. The second-order valence-electron chi connectivity index (χ2n) is 2.65. The van der Waals surface area contributed by atoms with Gasteiger partial charge in [-0.15, -0.1) is 10.2 Å². The number of hydrogen-bond donors (Lipinski definition) is 1. The molecule has 0 aliphatic rings.